The Morgan fingerprint density at radius 3 is 2.96 bits per heavy atom. The molecule has 144 valence electrons. The third-order valence-electron chi connectivity index (χ3n) is 5.90. The molecule has 0 N–H and O–H groups in total. The minimum atomic E-state index is -0.0501. The molecule has 2 aliphatic heterocycles. The molecule has 28 heavy (non-hydrogen) atoms. The van der Waals surface area contributed by atoms with Gasteiger partial charge in [-0.15, -0.1) is 0 Å². The van der Waals surface area contributed by atoms with Crippen molar-refractivity contribution in [2.75, 3.05) is 6.54 Å². The largest absolute Gasteiger partial charge is 0.294 e. The number of likely N-dealkylation sites (tertiary alicyclic amines) is 1. The first-order chi connectivity index (χ1) is 13.8. The zero-order valence-electron chi connectivity index (χ0n) is 15.9. The van der Waals surface area contributed by atoms with Gasteiger partial charge in [-0.2, -0.15) is 10.2 Å². The SMILES string of the molecule is O=c1ccc(-c2cccnc2)nn1CC1CCCN1Cc1cnn2c1CCC2. The van der Waals surface area contributed by atoms with Crippen molar-refractivity contribution in [3.05, 3.63) is 64.5 Å². The molecule has 7 heteroatoms. The van der Waals surface area contributed by atoms with Gasteiger partial charge in [0, 0.05) is 54.4 Å². The second kappa shape index (κ2) is 7.31. The molecule has 5 heterocycles. The summed E-state index contributed by atoms with van der Waals surface area (Å²) >= 11 is 0. The molecule has 0 aromatic carbocycles. The molecular weight excluding hydrogens is 352 g/mol. The molecule has 7 nitrogen and oxygen atoms in total. The number of pyridine rings is 1. The molecule has 0 aliphatic carbocycles. The Bertz CT molecular complexity index is 1020. The van der Waals surface area contributed by atoms with Crippen molar-refractivity contribution >= 4 is 0 Å². The number of hydrogen-bond donors (Lipinski definition) is 0. The fraction of sp³-hybridized carbons (Fsp3) is 0.429. The molecule has 0 bridgehead atoms. The smallest absolute Gasteiger partial charge is 0.266 e. The highest BCUT2D eigenvalue weighted by molar-refractivity contribution is 5.56. The van der Waals surface area contributed by atoms with E-state index in [4.69, 9.17) is 0 Å². The summed E-state index contributed by atoms with van der Waals surface area (Å²) in [5, 5.41) is 9.14. The summed E-state index contributed by atoms with van der Waals surface area (Å²) in [7, 11) is 0. The maximum atomic E-state index is 12.4. The molecule has 0 saturated carbocycles. The van der Waals surface area contributed by atoms with Crippen LogP contribution in [-0.4, -0.2) is 42.0 Å². The molecule has 1 saturated heterocycles. The second-order valence-electron chi connectivity index (χ2n) is 7.69. The van der Waals surface area contributed by atoms with Crippen LogP contribution in [0.5, 0.6) is 0 Å². The first-order valence-electron chi connectivity index (χ1n) is 10.0. The Kier molecular flexibility index (Phi) is 4.52. The normalized spacial score (nSPS) is 19.2. The fourth-order valence-electron chi connectivity index (χ4n) is 4.44. The van der Waals surface area contributed by atoms with Crippen molar-refractivity contribution in [3.8, 4) is 11.3 Å². The Morgan fingerprint density at radius 2 is 2.07 bits per heavy atom. The third kappa shape index (κ3) is 3.26. The van der Waals surface area contributed by atoms with E-state index in [-0.39, 0.29) is 5.56 Å². The summed E-state index contributed by atoms with van der Waals surface area (Å²) in [6.07, 6.45) is 10.1. The van der Waals surface area contributed by atoms with Gasteiger partial charge < -0.3 is 0 Å². The quantitative estimate of drug-likeness (QED) is 0.682. The van der Waals surface area contributed by atoms with E-state index in [1.807, 2.05) is 18.3 Å². The average molecular weight is 376 g/mol. The van der Waals surface area contributed by atoms with Gasteiger partial charge in [-0.1, -0.05) is 0 Å². The number of hydrogen-bond acceptors (Lipinski definition) is 5. The monoisotopic (exact) mass is 376 g/mol. The van der Waals surface area contributed by atoms with E-state index < -0.39 is 0 Å². The van der Waals surface area contributed by atoms with Crippen LogP contribution in [0.25, 0.3) is 11.3 Å². The first-order valence-corrected chi connectivity index (χ1v) is 10.0. The average Bonchev–Trinajstić information content (AvgIpc) is 3.44. The van der Waals surface area contributed by atoms with Crippen molar-refractivity contribution in [3.63, 3.8) is 0 Å². The van der Waals surface area contributed by atoms with Crippen LogP contribution in [0.15, 0.2) is 47.7 Å². The summed E-state index contributed by atoms with van der Waals surface area (Å²) in [5.41, 5.74) is 4.39. The van der Waals surface area contributed by atoms with E-state index >= 15 is 0 Å². The maximum absolute atomic E-state index is 12.4. The van der Waals surface area contributed by atoms with Crippen molar-refractivity contribution in [2.45, 2.75) is 51.4 Å². The highest BCUT2D eigenvalue weighted by atomic mass is 16.1. The molecule has 1 unspecified atom stereocenters. The van der Waals surface area contributed by atoms with E-state index in [1.54, 1.807) is 29.2 Å². The molecule has 0 radical (unpaired) electrons. The molecule has 1 fully saturated rings. The molecule has 2 aliphatic rings. The Hall–Kier alpha value is -2.80. The minimum absolute atomic E-state index is 0.0501. The number of fused-ring (bicyclic) bond motifs is 1. The molecule has 0 spiro atoms. The Morgan fingerprint density at radius 1 is 1.11 bits per heavy atom. The number of rotatable bonds is 5. The van der Waals surface area contributed by atoms with Gasteiger partial charge >= 0.3 is 0 Å². The van der Waals surface area contributed by atoms with Gasteiger partial charge in [-0.05, 0) is 50.4 Å². The topological polar surface area (TPSA) is 68.8 Å². The Balaban J connectivity index is 1.35. The van der Waals surface area contributed by atoms with Gasteiger partial charge in [0.1, 0.15) is 0 Å². The van der Waals surface area contributed by atoms with Crippen LogP contribution >= 0.6 is 0 Å². The lowest BCUT2D eigenvalue weighted by Gasteiger charge is -2.24. The molecule has 3 aromatic heterocycles. The van der Waals surface area contributed by atoms with Crippen LogP contribution < -0.4 is 5.56 Å². The van der Waals surface area contributed by atoms with Crippen LogP contribution in [0, 0.1) is 0 Å². The van der Waals surface area contributed by atoms with Gasteiger partial charge in [0.25, 0.3) is 5.56 Å². The summed E-state index contributed by atoms with van der Waals surface area (Å²) < 4.78 is 3.76. The van der Waals surface area contributed by atoms with Crippen molar-refractivity contribution in [1.82, 2.24) is 29.4 Å². The van der Waals surface area contributed by atoms with Crippen molar-refractivity contribution < 1.29 is 0 Å². The predicted molar refractivity (Wildman–Crippen MR) is 106 cm³/mol. The summed E-state index contributed by atoms with van der Waals surface area (Å²) in [4.78, 5) is 19.1. The van der Waals surface area contributed by atoms with Crippen molar-refractivity contribution in [2.24, 2.45) is 0 Å². The van der Waals surface area contributed by atoms with E-state index in [1.165, 1.54) is 17.7 Å². The van der Waals surface area contributed by atoms with Gasteiger partial charge in [0.15, 0.2) is 0 Å². The minimum Gasteiger partial charge on any atom is -0.294 e. The predicted octanol–water partition coefficient (Wildman–Crippen LogP) is 2.11. The highest BCUT2D eigenvalue weighted by Gasteiger charge is 2.27. The van der Waals surface area contributed by atoms with Crippen LogP contribution in [-0.2, 0) is 26.1 Å². The lowest BCUT2D eigenvalue weighted by atomic mass is 10.1. The van der Waals surface area contributed by atoms with E-state index in [0.717, 1.165) is 50.2 Å². The van der Waals surface area contributed by atoms with Crippen molar-refractivity contribution in [1.29, 1.82) is 0 Å². The molecule has 5 rings (SSSR count). The summed E-state index contributed by atoms with van der Waals surface area (Å²) in [6.45, 7) is 3.64. The fourth-order valence-corrected chi connectivity index (χ4v) is 4.44. The van der Waals surface area contributed by atoms with Gasteiger partial charge in [-0.25, -0.2) is 4.68 Å². The summed E-state index contributed by atoms with van der Waals surface area (Å²) in [5.74, 6) is 0. The summed E-state index contributed by atoms with van der Waals surface area (Å²) in [6, 6.07) is 7.56. The lowest BCUT2D eigenvalue weighted by Crippen LogP contribution is -2.36. The Labute approximate surface area is 163 Å². The maximum Gasteiger partial charge on any atom is 0.266 e. The van der Waals surface area contributed by atoms with E-state index in [0.29, 0.717) is 12.6 Å². The van der Waals surface area contributed by atoms with Gasteiger partial charge in [0.05, 0.1) is 18.4 Å². The standard InChI is InChI=1S/C21H24N6O/c28-21-8-7-19(16-4-1-9-22-12-16)24-27(21)15-18-5-2-10-25(18)14-17-13-23-26-11-3-6-20(17)26/h1,4,7-9,12-13,18H,2-3,5-6,10-11,14-15H2. The highest BCUT2D eigenvalue weighted by Crippen LogP contribution is 2.25. The van der Waals surface area contributed by atoms with Crippen LogP contribution in [0.1, 0.15) is 30.5 Å². The van der Waals surface area contributed by atoms with Gasteiger partial charge in [0.2, 0.25) is 0 Å². The third-order valence-corrected chi connectivity index (χ3v) is 5.90. The number of nitrogens with zero attached hydrogens (tertiary/aromatic N) is 6. The van der Waals surface area contributed by atoms with Crippen LogP contribution in [0.3, 0.4) is 0 Å². The first kappa shape index (κ1) is 17.3. The van der Waals surface area contributed by atoms with Crippen LogP contribution in [0.2, 0.25) is 0 Å². The van der Waals surface area contributed by atoms with E-state index in [2.05, 4.69) is 24.8 Å². The lowest BCUT2D eigenvalue weighted by molar-refractivity contribution is 0.216. The zero-order chi connectivity index (χ0) is 18.9. The van der Waals surface area contributed by atoms with Gasteiger partial charge in [-0.3, -0.25) is 19.4 Å². The van der Waals surface area contributed by atoms with Crippen LogP contribution in [0.4, 0.5) is 0 Å². The molecule has 3 aromatic rings. The molecular formula is C21H24N6O. The number of aromatic nitrogens is 5. The molecule has 0 amide bonds. The second-order valence-corrected chi connectivity index (χ2v) is 7.69. The zero-order valence-corrected chi connectivity index (χ0v) is 15.9. The molecule has 1 atom stereocenters. The van der Waals surface area contributed by atoms with E-state index in [9.17, 15) is 4.79 Å². The number of aryl methyl sites for hydroxylation is 1.